The van der Waals surface area contributed by atoms with E-state index >= 15 is 0 Å². The number of hydrogen-bond acceptors (Lipinski definition) is 4. The summed E-state index contributed by atoms with van der Waals surface area (Å²) in [7, 11) is 0. The quantitative estimate of drug-likeness (QED) is 0.624. The normalized spacial score (nSPS) is 10.9. The van der Waals surface area contributed by atoms with E-state index in [1.54, 1.807) is 6.20 Å². The van der Waals surface area contributed by atoms with Crippen molar-refractivity contribution in [3.8, 4) is 11.1 Å². The molecule has 0 atom stereocenters. The molecule has 2 heterocycles. The highest BCUT2D eigenvalue weighted by molar-refractivity contribution is 5.65. The molecule has 5 nitrogen and oxygen atoms in total. The van der Waals surface area contributed by atoms with Crippen LogP contribution in [0.4, 0.5) is 5.82 Å². The van der Waals surface area contributed by atoms with Crippen LogP contribution in [0.3, 0.4) is 0 Å². The highest BCUT2D eigenvalue weighted by Gasteiger charge is 2.07. The van der Waals surface area contributed by atoms with Crippen LogP contribution in [0.2, 0.25) is 0 Å². The van der Waals surface area contributed by atoms with Gasteiger partial charge in [-0.25, -0.2) is 4.98 Å². The number of nitrogens with one attached hydrogen (secondary N) is 1. The maximum Gasteiger partial charge on any atom is 0.203 e. The SMILES string of the molecule is Cc1nnc2c(NCc3cccc(-c4ccccc4)c3)nccn12. The second-order valence-corrected chi connectivity index (χ2v) is 5.64. The summed E-state index contributed by atoms with van der Waals surface area (Å²) in [6.45, 7) is 2.60. The van der Waals surface area contributed by atoms with Gasteiger partial charge in [0, 0.05) is 18.9 Å². The Hall–Kier alpha value is -3.21. The third kappa shape index (κ3) is 2.72. The average molecular weight is 315 g/mol. The third-order valence-electron chi connectivity index (χ3n) is 3.99. The molecule has 0 aliphatic carbocycles. The first-order chi connectivity index (χ1) is 11.8. The molecule has 1 N–H and O–H groups in total. The van der Waals surface area contributed by atoms with Crippen LogP contribution >= 0.6 is 0 Å². The Labute approximate surface area is 140 Å². The fourth-order valence-corrected chi connectivity index (χ4v) is 2.74. The van der Waals surface area contributed by atoms with E-state index in [1.165, 1.54) is 16.7 Å². The molecule has 0 saturated carbocycles. The summed E-state index contributed by atoms with van der Waals surface area (Å²) in [4.78, 5) is 4.38. The van der Waals surface area contributed by atoms with Crippen molar-refractivity contribution in [2.75, 3.05) is 5.32 Å². The van der Waals surface area contributed by atoms with Crippen molar-refractivity contribution in [2.45, 2.75) is 13.5 Å². The largest absolute Gasteiger partial charge is 0.363 e. The van der Waals surface area contributed by atoms with Crippen LogP contribution < -0.4 is 5.32 Å². The highest BCUT2D eigenvalue weighted by Crippen LogP contribution is 2.21. The molecule has 0 spiro atoms. The predicted octanol–water partition coefficient (Wildman–Crippen LogP) is 3.71. The van der Waals surface area contributed by atoms with Crippen LogP contribution in [-0.4, -0.2) is 19.6 Å². The third-order valence-corrected chi connectivity index (χ3v) is 3.99. The molecule has 118 valence electrons. The summed E-state index contributed by atoms with van der Waals surface area (Å²) in [5.74, 6) is 1.59. The van der Waals surface area contributed by atoms with E-state index in [1.807, 2.05) is 23.6 Å². The summed E-state index contributed by atoms with van der Waals surface area (Å²) in [5, 5.41) is 11.6. The zero-order valence-electron chi connectivity index (χ0n) is 13.3. The van der Waals surface area contributed by atoms with Crippen LogP contribution in [0.1, 0.15) is 11.4 Å². The van der Waals surface area contributed by atoms with E-state index in [2.05, 4.69) is 69.0 Å². The van der Waals surface area contributed by atoms with Crippen LogP contribution in [0.15, 0.2) is 67.0 Å². The minimum Gasteiger partial charge on any atom is -0.363 e. The smallest absolute Gasteiger partial charge is 0.203 e. The summed E-state index contributed by atoms with van der Waals surface area (Å²) in [5.41, 5.74) is 4.36. The summed E-state index contributed by atoms with van der Waals surface area (Å²) < 4.78 is 1.93. The summed E-state index contributed by atoms with van der Waals surface area (Å²) >= 11 is 0. The van der Waals surface area contributed by atoms with Crippen molar-refractivity contribution in [2.24, 2.45) is 0 Å². The van der Waals surface area contributed by atoms with Gasteiger partial charge in [0.15, 0.2) is 5.82 Å². The maximum atomic E-state index is 4.38. The molecule has 0 amide bonds. The molecule has 5 heteroatoms. The molecule has 0 unspecified atom stereocenters. The Morgan fingerprint density at radius 3 is 2.67 bits per heavy atom. The Kier molecular flexibility index (Phi) is 3.67. The first kappa shape index (κ1) is 14.4. The fourth-order valence-electron chi connectivity index (χ4n) is 2.74. The Morgan fingerprint density at radius 2 is 1.79 bits per heavy atom. The second kappa shape index (κ2) is 6.12. The van der Waals surface area contributed by atoms with Gasteiger partial charge >= 0.3 is 0 Å². The van der Waals surface area contributed by atoms with E-state index in [-0.39, 0.29) is 0 Å². The van der Waals surface area contributed by atoms with E-state index in [9.17, 15) is 0 Å². The molecule has 2 aromatic heterocycles. The molecular formula is C19H17N5. The Bertz CT molecular complexity index is 975. The van der Waals surface area contributed by atoms with E-state index in [0.717, 1.165) is 17.3 Å². The summed E-state index contributed by atoms with van der Waals surface area (Å²) in [6, 6.07) is 18.9. The number of benzene rings is 2. The fraction of sp³-hybridized carbons (Fsp3) is 0.105. The van der Waals surface area contributed by atoms with Crippen LogP contribution in [0.5, 0.6) is 0 Å². The van der Waals surface area contributed by atoms with Crippen LogP contribution in [-0.2, 0) is 6.54 Å². The van der Waals surface area contributed by atoms with Gasteiger partial charge in [-0.15, -0.1) is 10.2 Å². The topological polar surface area (TPSA) is 55.1 Å². The number of aryl methyl sites for hydroxylation is 1. The van der Waals surface area contributed by atoms with Crippen LogP contribution in [0.25, 0.3) is 16.8 Å². The van der Waals surface area contributed by atoms with E-state index in [0.29, 0.717) is 6.54 Å². The molecule has 24 heavy (non-hydrogen) atoms. The number of rotatable bonds is 4. The van der Waals surface area contributed by atoms with Gasteiger partial charge < -0.3 is 5.32 Å². The van der Waals surface area contributed by atoms with E-state index < -0.39 is 0 Å². The molecule has 4 rings (SSSR count). The minimum atomic E-state index is 0.680. The van der Waals surface area contributed by atoms with Crippen molar-refractivity contribution in [1.82, 2.24) is 19.6 Å². The first-order valence-corrected chi connectivity index (χ1v) is 7.86. The lowest BCUT2D eigenvalue weighted by Gasteiger charge is -2.08. The minimum absolute atomic E-state index is 0.680. The Morgan fingerprint density at radius 1 is 0.958 bits per heavy atom. The van der Waals surface area contributed by atoms with Crippen LogP contribution in [0, 0.1) is 6.92 Å². The summed E-state index contributed by atoms with van der Waals surface area (Å²) in [6.07, 6.45) is 3.62. The average Bonchev–Trinajstić information content (AvgIpc) is 3.03. The lowest BCUT2D eigenvalue weighted by Crippen LogP contribution is -2.04. The molecule has 0 bridgehead atoms. The molecule has 4 aromatic rings. The van der Waals surface area contributed by atoms with Crippen molar-refractivity contribution >= 4 is 11.5 Å². The lowest BCUT2D eigenvalue weighted by atomic mass is 10.0. The molecule has 0 aliphatic heterocycles. The number of aromatic nitrogens is 4. The first-order valence-electron chi connectivity index (χ1n) is 7.86. The number of hydrogen-bond donors (Lipinski definition) is 1. The molecular weight excluding hydrogens is 298 g/mol. The lowest BCUT2D eigenvalue weighted by molar-refractivity contribution is 1.000. The van der Waals surface area contributed by atoms with Crippen molar-refractivity contribution in [3.63, 3.8) is 0 Å². The van der Waals surface area contributed by atoms with Gasteiger partial charge in [0.05, 0.1) is 0 Å². The van der Waals surface area contributed by atoms with E-state index in [4.69, 9.17) is 0 Å². The van der Waals surface area contributed by atoms with Gasteiger partial charge in [-0.05, 0) is 29.7 Å². The molecule has 0 radical (unpaired) electrons. The van der Waals surface area contributed by atoms with Gasteiger partial charge in [0.25, 0.3) is 0 Å². The predicted molar refractivity (Wildman–Crippen MR) is 94.7 cm³/mol. The monoisotopic (exact) mass is 315 g/mol. The van der Waals surface area contributed by atoms with Crippen molar-refractivity contribution in [3.05, 3.63) is 78.4 Å². The maximum absolute atomic E-state index is 4.38. The van der Waals surface area contributed by atoms with Gasteiger partial charge in [0.1, 0.15) is 5.82 Å². The standard InChI is InChI=1S/C19H17N5/c1-14-22-23-19-18(20-10-11-24(14)19)21-13-15-6-5-9-17(12-15)16-7-3-2-4-8-16/h2-12H,13H2,1H3,(H,20,21). The Balaban J connectivity index is 1.58. The molecule has 2 aromatic carbocycles. The number of fused-ring (bicyclic) bond motifs is 1. The molecule has 0 fully saturated rings. The molecule has 0 saturated heterocycles. The second-order valence-electron chi connectivity index (χ2n) is 5.64. The number of anilines is 1. The molecule has 0 aliphatic rings. The van der Waals surface area contributed by atoms with Crippen molar-refractivity contribution in [1.29, 1.82) is 0 Å². The highest BCUT2D eigenvalue weighted by atomic mass is 15.3. The zero-order chi connectivity index (χ0) is 16.4. The number of nitrogens with zero attached hydrogens (tertiary/aromatic N) is 4. The van der Waals surface area contributed by atoms with Crippen molar-refractivity contribution < 1.29 is 0 Å². The van der Waals surface area contributed by atoms with Gasteiger partial charge in [0.2, 0.25) is 5.65 Å². The van der Waals surface area contributed by atoms with Gasteiger partial charge in [-0.1, -0.05) is 48.5 Å². The zero-order valence-corrected chi connectivity index (χ0v) is 13.3. The van der Waals surface area contributed by atoms with Gasteiger partial charge in [-0.2, -0.15) is 0 Å². The van der Waals surface area contributed by atoms with Gasteiger partial charge in [-0.3, -0.25) is 4.40 Å².